The van der Waals surface area contributed by atoms with E-state index in [-0.39, 0.29) is 11.7 Å². The van der Waals surface area contributed by atoms with Gasteiger partial charge in [-0.1, -0.05) is 0 Å². The minimum atomic E-state index is -3.36. The van der Waals surface area contributed by atoms with Crippen molar-refractivity contribution < 1.29 is 17.9 Å². The van der Waals surface area contributed by atoms with Crippen molar-refractivity contribution in [3.8, 4) is 0 Å². The molecule has 2 heterocycles. The molecule has 0 aromatic heterocycles. The zero-order chi connectivity index (χ0) is 14.6. The number of hydrogen-bond acceptors (Lipinski definition) is 5. The van der Waals surface area contributed by atoms with Crippen LogP contribution in [0.3, 0.4) is 0 Å². The fourth-order valence-corrected chi connectivity index (χ4v) is 2.83. The van der Waals surface area contributed by atoms with Gasteiger partial charge < -0.3 is 15.0 Å². The summed E-state index contributed by atoms with van der Waals surface area (Å²) in [4.78, 5) is 13.6. The number of carbonyl (C=O) groups excluding carboxylic acids is 1. The summed E-state index contributed by atoms with van der Waals surface area (Å²) in [5.41, 5.74) is 0.487. The molecule has 0 radical (unpaired) electrons. The van der Waals surface area contributed by atoms with Crippen LogP contribution in [0.2, 0.25) is 0 Å². The number of amidine groups is 1. The Morgan fingerprint density at radius 3 is 3.05 bits per heavy atom. The van der Waals surface area contributed by atoms with Gasteiger partial charge in [-0.3, -0.25) is 4.79 Å². The maximum atomic E-state index is 11.9. The van der Waals surface area contributed by atoms with Crippen molar-refractivity contribution in [1.29, 1.82) is 0 Å². The molecule has 0 unspecified atom stereocenters. The van der Waals surface area contributed by atoms with E-state index in [9.17, 15) is 13.2 Å². The van der Waals surface area contributed by atoms with Gasteiger partial charge in [0.05, 0.1) is 11.3 Å². The summed E-state index contributed by atoms with van der Waals surface area (Å²) >= 11 is 0. The molecular formula is C12H17N3O4S. The van der Waals surface area contributed by atoms with Crippen LogP contribution in [0.5, 0.6) is 0 Å². The van der Waals surface area contributed by atoms with Gasteiger partial charge in [0.2, 0.25) is 0 Å². The Morgan fingerprint density at radius 1 is 1.50 bits per heavy atom. The van der Waals surface area contributed by atoms with Gasteiger partial charge in [0.15, 0.2) is 0 Å². The molecule has 2 aliphatic rings. The number of nitrogens with zero attached hydrogens (tertiary/aromatic N) is 2. The van der Waals surface area contributed by atoms with Crippen molar-refractivity contribution in [3.63, 3.8) is 0 Å². The van der Waals surface area contributed by atoms with E-state index in [2.05, 4.69) is 9.71 Å². The van der Waals surface area contributed by atoms with E-state index in [1.807, 2.05) is 0 Å². The summed E-state index contributed by atoms with van der Waals surface area (Å²) in [6.07, 6.45) is 5.48. The predicted molar refractivity (Wildman–Crippen MR) is 74.7 cm³/mol. The molecule has 0 fully saturated rings. The third-order valence-corrected chi connectivity index (χ3v) is 4.06. The summed E-state index contributed by atoms with van der Waals surface area (Å²) < 4.78 is 31.3. The lowest BCUT2D eigenvalue weighted by Gasteiger charge is -2.26. The molecule has 2 rings (SSSR count). The minimum absolute atomic E-state index is 0.0381. The fourth-order valence-electron chi connectivity index (χ4n) is 1.86. The average molecular weight is 299 g/mol. The predicted octanol–water partition coefficient (Wildman–Crippen LogP) is -0.363. The van der Waals surface area contributed by atoms with Crippen molar-refractivity contribution in [1.82, 2.24) is 10.2 Å². The quantitative estimate of drug-likeness (QED) is 0.700. The molecule has 0 aromatic rings. The molecule has 0 saturated carbocycles. The monoisotopic (exact) mass is 299 g/mol. The summed E-state index contributed by atoms with van der Waals surface area (Å²) in [6.45, 7) is 1.44. The highest BCUT2D eigenvalue weighted by atomic mass is 32.2. The lowest BCUT2D eigenvalue weighted by Crippen LogP contribution is -2.38. The highest BCUT2D eigenvalue weighted by Gasteiger charge is 2.24. The first-order valence-corrected chi connectivity index (χ1v) is 7.89. The Labute approximate surface area is 118 Å². The van der Waals surface area contributed by atoms with Gasteiger partial charge in [0.25, 0.3) is 15.9 Å². The smallest absolute Gasteiger partial charge is 0.256 e. The Balaban J connectivity index is 1.98. The second-order valence-corrected chi connectivity index (χ2v) is 6.20. The van der Waals surface area contributed by atoms with Crippen LogP contribution in [0.4, 0.5) is 0 Å². The van der Waals surface area contributed by atoms with Crippen LogP contribution in [0.1, 0.15) is 6.42 Å². The van der Waals surface area contributed by atoms with Gasteiger partial charge in [-0.25, -0.2) is 8.42 Å². The highest BCUT2D eigenvalue weighted by molar-refractivity contribution is 7.90. The van der Waals surface area contributed by atoms with E-state index in [0.717, 1.165) is 6.42 Å². The Bertz CT molecular complexity index is 578. The summed E-state index contributed by atoms with van der Waals surface area (Å²) in [5.74, 6) is 0.126. The lowest BCUT2D eigenvalue weighted by atomic mass is 10.2. The van der Waals surface area contributed by atoms with E-state index in [1.165, 1.54) is 0 Å². The molecule has 8 heteroatoms. The van der Waals surface area contributed by atoms with E-state index < -0.39 is 10.0 Å². The number of amides is 1. The second-order valence-electron chi connectivity index (χ2n) is 4.45. The molecule has 0 aliphatic carbocycles. The maximum absolute atomic E-state index is 11.9. The molecule has 0 bridgehead atoms. The molecule has 1 amide bonds. The third kappa shape index (κ3) is 3.67. The Hall–Kier alpha value is -1.67. The van der Waals surface area contributed by atoms with Gasteiger partial charge in [-0.15, -0.1) is 4.40 Å². The first-order valence-electron chi connectivity index (χ1n) is 6.28. The number of ether oxygens (including phenoxy) is 1. The van der Waals surface area contributed by atoms with Crippen LogP contribution in [0, 0.1) is 0 Å². The van der Waals surface area contributed by atoms with Crippen LogP contribution >= 0.6 is 0 Å². The lowest BCUT2D eigenvalue weighted by molar-refractivity contribution is -0.117. The molecular weight excluding hydrogens is 282 g/mol. The van der Waals surface area contributed by atoms with Crippen molar-refractivity contribution in [2.45, 2.75) is 6.42 Å². The maximum Gasteiger partial charge on any atom is 0.256 e. The molecule has 0 saturated heterocycles. The van der Waals surface area contributed by atoms with Crippen LogP contribution in [0.15, 0.2) is 28.3 Å². The van der Waals surface area contributed by atoms with E-state index in [1.54, 1.807) is 30.4 Å². The normalized spacial score (nSPS) is 19.9. The molecule has 2 aliphatic heterocycles. The first-order chi connectivity index (χ1) is 9.52. The van der Waals surface area contributed by atoms with Gasteiger partial charge in [0, 0.05) is 33.0 Å². The Kier molecular flexibility index (Phi) is 4.56. The molecule has 0 aromatic carbocycles. The number of nitrogens with one attached hydrogen (secondary N) is 1. The van der Waals surface area contributed by atoms with Gasteiger partial charge in [-0.05, 0) is 18.6 Å². The number of hydrogen-bond donors (Lipinski definition) is 1. The van der Waals surface area contributed by atoms with Crippen LogP contribution in [-0.2, 0) is 19.6 Å². The van der Waals surface area contributed by atoms with Crippen LogP contribution in [-0.4, -0.2) is 57.6 Å². The first kappa shape index (κ1) is 14.7. The number of fused-ring (bicyclic) bond motifs is 1. The minimum Gasteiger partial charge on any atom is -0.385 e. The van der Waals surface area contributed by atoms with Crippen molar-refractivity contribution in [2.24, 2.45) is 4.40 Å². The summed E-state index contributed by atoms with van der Waals surface area (Å²) in [7, 11) is -1.75. The number of sulfonamides is 1. The molecule has 7 nitrogen and oxygen atoms in total. The topological polar surface area (TPSA) is 88.1 Å². The van der Waals surface area contributed by atoms with Crippen LogP contribution < -0.4 is 5.32 Å². The SMILES string of the molecule is COCCCNC(=O)C1=CN2CCS(=O)(=O)N=C2C=C1. The van der Waals surface area contributed by atoms with E-state index >= 15 is 0 Å². The molecule has 1 N–H and O–H groups in total. The van der Waals surface area contributed by atoms with Gasteiger partial charge in [-0.2, -0.15) is 0 Å². The molecule has 20 heavy (non-hydrogen) atoms. The fraction of sp³-hybridized carbons (Fsp3) is 0.500. The van der Waals surface area contributed by atoms with Crippen LogP contribution in [0.25, 0.3) is 0 Å². The average Bonchev–Trinajstić information content (AvgIpc) is 2.42. The third-order valence-electron chi connectivity index (χ3n) is 2.90. The largest absolute Gasteiger partial charge is 0.385 e. The molecule has 110 valence electrons. The summed E-state index contributed by atoms with van der Waals surface area (Å²) in [6, 6.07) is 0. The van der Waals surface area contributed by atoms with E-state index in [0.29, 0.717) is 31.1 Å². The summed E-state index contributed by atoms with van der Waals surface area (Å²) in [5, 5.41) is 2.78. The van der Waals surface area contributed by atoms with Crippen molar-refractivity contribution in [2.75, 3.05) is 32.6 Å². The highest BCUT2D eigenvalue weighted by Crippen LogP contribution is 2.15. The van der Waals surface area contributed by atoms with Gasteiger partial charge >= 0.3 is 0 Å². The molecule has 0 atom stereocenters. The van der Waals surface area contributed by atoms with Gasteiger partial charge in [0.1, 0.15) is 5.84 Å². The van der Waals surface area contributed by atoms with Crippen molar-refractivity contribution >= 4 is 21.8 Å². The number of rotatable bonds is 5. The zero-order valence-electron chi connectivity index (χ0n) is 11.2. The Morgan fingerprint density at radius 2 is 2.30 bits per heavy atom. The molecule has 0 spiro atoms. The second kappa shape index (κ2) is 6.19. The zero-order valence-corrected chi connectivity index (χ0v) is 12.0. The van der Waals surface area contributed by atoms with Crippen molar-refractivity contribution in [3.05, 3.63) is 23.9 Å². The number of carbonyl (C=O) groups is 1. The van der Waals surface area contributed by atoms with E-state index in [4.69, 9.17) is 4.74 Å². The standard InChI is InChI=1S/C12H17N3O4S/c1-19-7-2-5-13-12(16)10-3-4-11-14-20(17,18)8-6-15(11)9-10/h3-4,9H,2,5-8H2,1H3,(H,13,16). The number of methoxy groups -OCH3 is 1.